The van der Waals surface area contributed by atoms with Crippen molar-refractivity contribution in [2.24, 2.45) is 7.05 Å². The largest absolute Gasteiger partial charge is 0.456 e. The first-order valence-electron chi connectivity index (χ1n) is 3.76. The lowest BCUT2D eigenvalue weighted by atomic mass is 10.5. The van der Waals surface area contributed by atoms with Crippen LogP contribution in [0.15, 0.2) is 6.33 Å². The summed E-state index contributed by atoms with van der Waals surface area (Å²) in [6.07, 6.45) is 1.51. The molecule has 0 fully saturated rings. The van der Waals surface area contributed by atoms with Crippen molar-refractivity contribution >= 4 is 5.97 Å². The molecule has 0 spiro atoms. The van der Waals surface area contributed by atoms with Gasteiger partial charge in [-0.3, -0.25) is 0 Å². The second-order valence-corrected chi connectivity index (χ2v) is 2.24. The summed E-state index contributed by atoms with van der Waals surface area (Å²) in [4.78, 5) is 10.8. The van der Waals surface area contributed by atoms with Gasteiger partial charge in [0.25, 0.3) is 0 Å². The van der Waals surface area contributed by atoms with Crippen LogP contribution in [0.3, 0.4) is 0 Å². The topological polar surface area (TPSA) is 57.0 Å². The summed E-state index contributed by atoms with van der Waals surface area (Å²) in [5.41, 5.74) is 0. The zero-order chi connectivity index (χ0) is 9.68. The number of aryl methyl sites for hydroxylation is 1. The van der Waals surface area contributed by atoms with Crippen molar-refractivity contribution in [3.63, 3.8) is 0 Å². The summed E-state index contributed by atoms with van der Waals surface area (Å²) >= 11 is 0. The predicted molar refractivity (Wildman–Crippen MR) is 44.5 cm³/mol. The molecule has 1 heterocycles. The van der Waals surface area contributed by atoms with Crippen LogP contribution in [0, 0.1) is 11.8 Å². The van der Waals surface area contributed by atoms with Crippen molar-refractivity contribution in [3.8, 4) is 11.8 Å². The van der Waals surface area contributed by atoms with E-state index < -0.39 is 5.97 Å². The first kappa shape index (κ1) is 9.26. The molecule has 0 radical (unpaired) electrons. The molecule has 5 nitrogen and oxygen atoms in total. The number of rotatable bonds is 1. The third-order valence-electron chi connectivity index (χ3n) is 1.26. The Labute approximate surface area is 75.7 Å². The average Bonchev–Trinajstić information content (AvgIpc) is 2.48. The van der Waals surface area contributed by atoms with Gasteiger partial charge in [-0.1, -0.05) is 0 Å². The Morgan fingerprint density at radius 1 is 1.77 bits per heavy atom. The second-order valence-electron chi connectivity index (χ2n) is 2.24. The van der Waals surface area contributed by atoms with Gasteiger partial charge in [-0.05, 0) is 12.8 Å². The van der Waals surface area contributed by atoms with Crippen LogP contribution in [0.2, 0.25) is 0 Å². The zero-order valence-electron chi connectivity index (χ0n) is 7.44. The highest BCUT2D eigenvalue weighted by Gasteiger charge is 1.96. The van der Waals surface area contributed by atoms with Crippen molar-refractivity contribution in [3.05, 3.63) is 12.2 Å². The van der Waals surface area contributed by atoms with Gasteiger partial charge in [-0.25, -0.2) is 4.79 Å². The van der Waals surface area contributed by atoms with Crippen molar-refractivity contribution in [2.45, 2.75) is 6.92 Å². The molecule has 0 aliphatic carbocycles. The van der Waals surface area contributed by atoms with Crippen LogP contribution in [0.4, 0.5) is 0 Å². The Hall–Kier alpha value is -1.83. The van der Waals surface area contributed by atoms with Gasteiger partial charge in [0.15, 0.2) is 0 Å². The molecule has 0 unspecified atom stereocenters. The molecular weight excluding hydrogens is 170 g/mol. The fourth-order valence-electron chi connectivity index (χ4n) is 0.670. The summed E-state index contributed by atoms with van der Waals surface area (Å²) in [5, 5.41) is 7.28. The Balaban J connectivity index is 2.67. The van der Waals surface area contributed by atoms with E-state index in [1.54, 1.807) is 18.5 Å². The Bertz CT molecular complexity index is 359. The normalized spacial score (nSPS) is 8.77. The molecule has 5 heteroatoms. The molecule has 0 saturated heterocycles. The molecular formula is C8H9N3O2. The predicted octanol–water partition coefficient (Wildman–Crippen LogP) is -0.270. The van der Waals surface area contributed by atoms with Crippen molar-refractivity contribution in [1.82, 2.24) is 14.8 Å². The van der Waals surface area contributed by atoms with Crippen LogP contribution in [0.25, 0.3) is 0 Å². The Kier molecular flexibility index (Phi) is 3.03. The summed E-state index contributed by atoms with van der Waals surface area (Å²) in [6.45, 7) is 2.05. The van der Waals surface area contributed by atoms with Crippen LogP contribution in [-0.2, 0) is 16.6 Å². The van der Waals surface area contributed by atoms with Crippen molar-refractivity contribution < 1.29 is 9.53 Å². The summed E-state index contributed by atoms with van der Waals surface area (Å²) in [7, 11) is 1.75. The summed E-state index contributed by atoms with van der Waals surface area (Å²) in [5.74, 6) is 4.72. The van der Waals surface area contributed by atoms with Gasteiger partial charge < -0.3 is 9.30 Å². The van der Waals surface area contributed by atoms with Crippen molar-refractivity contribution in [1.29, 1.82) is 0 Å². The van der Waals surface area contributed by atoms with Gasteiger partial charge in [0.05, 0.1) is 6.61 Å². The molecule has 0 aliphatic heterocycles. The van der Waals surface area contributed by atoms with E-state index in [2.05, 4.69) is 26.8 Å². The molecule has 1 aromatic rings. The van der Waals surface area contributed by atoms with Crippen LogP contribution in [-0.4, -0.2) is 27.3 Å². The molecule has 0 aromatic carbocycles. The molecule has 0 saturated carbocycles. The molecule has 0 atom stereocenters. The highest BCUT2D eigenvalue weighted by atomic mass is 16.5. The minimum Gasteiger partial charge on any atom is -0.456 e. The number of esters is 1. The number of aromatic nitrogens is 3. The lowest BCUT2D eigenvalue weighted by Crippen LogP contribution is -2.00. The number of hydrogen-bond acceptors (Lipinski definition) is 4. The van der Waals surface area contributed by atoms with E-state index in [9.17, 15) is 4.79 Å². The summed E-state index contributed by atoms with van der Waals surface area (Å²) < 4.78 is 6.23. The third kappa shape index (κ3) is 2.60. The Morgan fingerprint density at radius 2 is 2.54 bits per heavy atom. The number of nitrogens with zero attached hydrogens (tertiary/aromatic N) is 3. The average molecular weight is 179 g/mol. The van der Waals surface area contributed by atoms with Crippen LogP contribution >= 0.6 is 0 Å². The van der Waals surface area contributed by atoms with E-state index >= 15 is 0 Å². The minimum atomic E-state index is -0.550. The van der Waals surface area contributed by atoms with Crippen molar-refractivity contribution in [2.75, 3.05) is 6.61 Å². The van der Waals surface area contributed by atoms with Crippen LogP contribution in [0.5, 0.6) is 0 Å². The van der Waals surface area contributed by atoms with E-state index in [4.69, 9.17) is 0 Å². The van der Waals surface area contributed by atoms with Gasteiger partial charge >= 0.3 is 5.97 Å². The molecule has 0 aliphatic rings. The smallest absolute Gasteiger partial charge is 0.384 e. The quantitative estimate of drug-likeness (QED) is 0.440. The number of carbonyl (C=O) groups excluding carboxylic acids is 1. The molecule has 68 valence electrons. The third-order valence-corrected chi connectivity index (χ3v) is 1.26. The molecule has 13 heavy (non-hydrogen) atoms. The number of carbonyl (C=O) groups is 1. The maximum absolute atomic E-state index is 10.8. The van der Waals surface area contributed by atoms with Gasteiger partial charge in [-0.15, -0.1) is 10.2 Å². The van der Waals surface area contributed by atoms with E-state index in [0.29, 0.717) is 12.4 Å². The number of ether oxygens (including phenoxy) is 1. The molecule has 0 bridgehead atoms. The zero-order valence-corrected chi connectivity index (χ0v) is 7.44. The first-order chi connectivity index (χ1) is 6.24. The van der Waals surface area contributed by atoms with E-state index in [1.807, 2.05) is 0 Å². The highest BCUT2D eigenvalue weighted by molar-refractivity contribution is 5.88. The lowest BCUT2D eigenvalue weighted by molar-refractivity contribution is -0.136. The monoisotopic (exact) mass is 179 g/mol. The summed E-state index contributed by atoms with van der Waals surface area (Å²) in [6, 6.07) is 0. The van der Waals surface area contributed by atoms with Gasteiger partial charge in [-0.2, -0.15) is 0 Å². The highest BCUT2D eigenvalue weighted by Crippen LogP contribution is 1.86. The standard InChI is InChI=1S/C8H9N3O2/c1-3-13-8(12)5-4-7-10-9-6-11(7)2/h6H,3H2,1-2H3. The number of hydrogen-bond donors (Lipinski definition) is 0. The maximum atomic E-state index is 10.8. The van der Waals surface area contributed by atoms with Gasteiger partial charge in [0.1, 0.15) is 6.33 Å². The Morgan fingerprint density at radius 3 is 3.08 bits per heavy atom. The minimum absolute atomic E-state index is 0.326. The van der Waals surface area contributed by atoms with Gasteiger partial charge in [0.2, 0.25) is 5.82 Å². The van der Waals surface area contributed by atoms with Crippen LogP contribution in [0.1, 0.15) is 12.7 Å². The lowest BCUT2D eigenvalue weighted by Gasteiger charge is -1.90. The molecule has 1 rings (SSSR count). The van der Waals surface area contributed by atoms with E-state index in [-0.39, 0.29) is 0 Å². The second kappa shape index (κ2) is 4.26. The molecule has 0 N–H and O–H groups in total. The van der Waals surface area contributed by atoms with E-state index in [1.165, 1.54) is 6.33 Å². The SMILES string of the molecule is CCOC(=O)C#Cc1nncn1C. The molecule has 1 aromatic heterocycles. The molecule has 0 amide bonds. The van der Waals surface area contributed by atoms with E-state index in [0.717, 1.165) is 0 Å². The fourth-order valence-corrected chi connectivity index (χ4v) is 0.670. The van der Waals surface area contributed by atoms with Crippen LogP contribution < -0.4 is 0 Å². The van der Waals surface area contributed by atoms with Gasteiger partial charge in [0, 0.05) is 13.0 Å². The first-order valence-corrected chi connectivity index (χ1v) is 3.76. The maximum Gasteiger partial charge on any atom is 0.384 e. The fraction of sp³-hybridized carbons (Fsp3) is 0.375.